The van der Waals surface area contributed by atoms with Gasteiger partial charge in [-0.1, -0.05) is 0 Å². The number of anilines is 2. The average molecular weight is 417 g/mol. The van der Waals surface area contributed by atoms with Crippen molar-refractivity contribution in [3.05, 3.63) is 42.1 Å². The zero-order valence-electron chi connectivity index (χ0n) is 16.5. The molecule has 0 atom stereocenters. The van der Waals surface area contributed by atoms with Crippen molar-refractivity contribution >= 4 is 17.3 Å². The SMILES string of the molecule is Cc1cc(N2CCC(N(c3cc(C(F)(F)F)ncn3)C3CC3)CC2)n2nccc2n1. The number of hydrogen-bond acceptors (Lipinski definition) is 6. The molecule has 1 aliphatic carbocycles. The van der Waals surface area contributed by atoms with Crippen molar-refractivity contribution in [1.82, 2.24) is 24.6 Å². The lowest BCUT2D eigenvalue weighted by atomic mass is 10.0. The van der Waals surface area contributed by atoms with E-state index in [1.165, 1.54) is 0 Å². The molecule has 4 heterocycles. The lowest BCUT2D eigenvalue weighted by Gasteiger charge is -2.40. The lowest BCUT2D eigenvalue weighted by Crippen LogP contribution is -2.47. The summed E-state index contributed by atoms with van der Waals surface area (Å²) in [6.45, 7) is 3.55. The van der Waals surface area contributed by atoms with Crippen LogP contribution in [-0.2, 0) is 6.18 Å². The van der Waals surface area contributed by atoms with Crippen LogP contribution in [0.2, 0.25) is 0 Å². The normalized spacial score (nSPS) is 18.2. The zero-order chi connectivity index (χ0) is 20.9. The Labute approximate surface area is 171 Å². The highest BCUT2D eigenvalue weighted by Crippen LogP contribution is 2.37. The summed E-state index contributed by atoms with van der Waals surface area (Å²) in [6.07, 6.45) is 1.95. The van der Waals surface area contributed by atoms with Gasteiger partial charge in [-0.2, -0.15) is 22.8 Å². The van der Waals surface area contributed by atoms with E-state index in [0.29, 0.717) is 5.82 Å². The molecule has 0 spiro atoms. The molecule has 1 saturated heterocycles. The molecule has 0 radical (unpaired) electrons. The van der Waals surface area contributed by atoms with E-state index in [2.05, 4.69) is 29.9 Å². The predicted octanol–water partition coefficient (Wildman–Crippen LogP) is 3.48. The van der Waals surface area contributed by atoms with Gasteiger partial charge in [0.2, 0.25) is 0 Å². The van der Waals surface area contributed by atoms with Gasteiger partial charge in [0.15, 0.2) is 5.65 Å². The second-order valence-electron chi connectivity index (χ2n) is 7.97. The number of hydrogen-bond donors (Lipinski definition) is 0. The first-order valence-electron chi connectivity index (χ1n) is 10.1. The first-order valence-corrected chi connectivity index (χ1v) is 10.1. The Morgan fingerprint density at radius 1 is 1.03 bits per heavy atom. The van der Waals surface area contributed by atoms with Crippen molar-refractivity contribution in [2.45, 2.75) is 50.9 Å². The van der Waals surface area contributed by atoms with Crippen LogP contribution in [-0.4, -0.2) is 49.7 Å². The minimum absolute atomic E-state index is 0.154. The third kappa shape index (κ3) is 3.54. The number of piperidine rings is 1. The second-order valence-corrected chi connectivity index (χ2v) is 7.97. The standard InChI is InChI=1S/C20H22F3N7/c1-13-10-19(30-17(27-13)4-7-26-30)28-8-5-15(6-9-28)29(14-2-3-14)18-11-16(20(21,22)23)24-12-25-18/h4,7,10-12,14-15H,2-3,5-6,8-9H2,1H3. The molecule has 10 heteroatoms. The summed E-state index contributed by atoms with van der Waals surface area (Å²) in [5.74, 6) is 1.38. The molecular weight excluding hydrogens is 395 g/mol. The molecule has 30 heavy (non-hydrogen) atoms. The summed E-state index contributed by atoms with van der Waals surface area (Å²) in [4.78, 5) is 16.5. The second kappa shape index (κ2) is 7.10. The van der Waals surface area contributed by atoms with E-state index in [-0.39, 0.29) is 12.1 Å². The highest BCUT2D eigenvalue weighted by Gasteiger charge is 2.39. The Kier molecular flexibility index (Phi) is 4.52. The zero-order valence-corrected chi connectivity index (χ0v) is 16.5. The van der Waals surface area contributed by atoms with Crippen molar-refractivity contribution in [3.8, 4) is 0 Å². The summed E-state index contributed by atoms with van der Waals surface area (Å²) in [5.41, 5.74) is 0.858. The van der Waals surface area contributed by atoms with Gasteiger partial charge in [-0.15, -0.1) is 0 Å². The predicted molar refractivity (Wildman–Crippen MR) is 105 cm³/mol. The number of nitrogens with zero attached hydrogens (tertiary/aromatic N) is 7. The van der Waals surface area contributed by atoms with Crippen LogP contribution in [0.5, 0.6) is 0 Å². The maximum absolute atomic E-state index is 13.1. The molecular formula is C20H22F3N7. The van der Waals surface area contributed by atoms with Gasteiger partial charge in [0.25, 0.3) is 0 Å². The molecule has 3 aromatic rings. The molecule has 1 saturated carbocycles. The van der Waals surface area contributed by atoms with E-state index in [1.54, 1.807) is 6.20 Å². The lowest BCUT2D eigenvalue weighted by molar-refractivity contribution is -0.141. The fourth-order valence-electron chi connectivity index (χ4n) is 4.29. The first-order chi connectivity index (χ1) is 14.4. The molecule has 0 unspecified atom stereocenters. The maximum atomic E-state index is 13.1. The Morgan fingerprint density at radius 2 is 1.77 bits per heavy atom. The number of halogens is 3. The van der Waals surface area contributed by atoms with Crippen molar-refractivity contribution in [1.29, 1.82) is 0 Å². The molecule has 5 rings (SSSR count). The molecule has 2 fully saturated rings. The van der Waals surface area contributed by atoms with Crippen LogP contribution < -0.4 is 9.80 Å². The van der Waals surface area contributed by atoms with Crippen LogP contribution in [0.3, 0.4) is 0 Å². The number of aromatic nitrogens is 5. The van der Waals surface area contributed by atoms with Crippen LogP contribution in [0, 0.1) is 6.92 Å². The van der Waals surface area contributed by atoms with Gasteiger partial charge in [-0.3, -0.25) is 0 Å². The first kappa shape index (κ1) is 19.1. The molecule has 0 N–H and O–H groups in total. The van der Waals surface area contributed by atoms with E-state index in [0.717, 1.165) is 68.3 Å². The number of rotatable bonds is 4. The third-order valence-corrected chi connectivity index (χ3v) is 5.80. The van der Waals surface area contributed by atoms with Gasteiger partial charge in [0.1, 0.15) is 23.7 Å². The molecule has 0 amide bonds. The average Bonchev–Trinajstić information content (AvgIpc) is 3.44. The fourth-order valence-corrected chi connectivity index (χ4v) is 4.29. The molecule has 3 aromatic heterocycles. The van der Waals surface area contributed by atoms with Crippen LogP contribution in [0.4, 0.5) is 24.8 Å². The highest BCUT2D eigenvalue weighted by atomic mass is 19.4. The topological polar surface area (TPSA) is 62.5 Å². The third-order valence-electron chi connectivity index (χ3n) is 5.80. The van der Waals surface area contributed by atoms with E-state index >= 15 is 0 Å². The molecule has 0 aromatic carbocycles. The van der Waals surface area contributed by atoms with Gasteiger partial charge < -0.3 is 9.80 Å². The number of fused-ring (bicyclic) bond motifs is 1. The Morgan fingerprint density at radius 3 is 2.47 bits per heavy atom. The van der Waals surface area contributed by atoms with Crippen molar-refractivity contribution < 1.29 is 13.2 Å². The van der Waals surface area contributed by atoms with Crippen molar-refractivity contribution in [2.24, 2.45) is 0 Å². The van der Waals surface area contributed by atoms with E-state index in [1.807, 2.05) is 23.6 Å². The summed E-state index contributed by atoms with van der Waals surface area (Å²) in [7, 11) is 0. The van der Waals surface area contributed by atoms with E-state index in [4.69, 9.17) is 0 Å². The van der Waals surface area contributed by atoms with E-state index in [9.17, 15) is 13.2 Å². The smallest absolute Gasteiger partial charge is 0.356 e. The molecule has 0 bridgehead atoms. The fraction of sp³-hybridized carbons (Fsp3) is 0.500. The van der Waals surface area contributed by atoms with Gasteiger partial charge in [0, 0.05) is 49.1 Å². The summed E-state index contributed by atoms with van der Waals surface area (Å²) in [5, 5.41) is 4.39. The van der Waals surface area contributed by atoms with Gasteiger partial charge >= 0.3 is 6.18 Å². The number of aryl methyl sites for hydroxylation is 1. The summed E-state index contributed by atoms with van der Waals surface area (Å²) < 4.78 is 41.2. The summed E-state index contributed by atoms with van der Waals surface area (Å²) in [6, 6.07) is 5.41. The summed E-state index contributed by atoms with van der Waals surface area (Å²) >= 11 is 0. The minimum atomic E-state index is -4.47. The largest absolute Gasteiger partial charge is 0.433 e. The Bertz CT molecular complexity index is 1050. The Balaban J connectivity index is 1.37. The van der Waals surface area contributed by atoms with Crippen molar-refractivity contribution in [2.75, 3.05) is 22.9 Å². The van der Waals surface area contributed by atoms with Gasteiger partial charge in [-0.05, 0) is 32.6 Å². The quantitative estimate of drug-likeness (QED) is 0.648. The van der Waals surface area contributed by atoms with Gasteiger partial charge in [0.05, 0.1) is 6.20 Å². The van der Waals surface area contributed by atoms with Crippen LogP contribution in [0.1, 0.15) is 37.1 Å². The molecule has 1 aliphatic heterocycles. The molecule has 7 nitrogen and oxygen atoms in total. The van der Waals surface area contributed by atoms with Gasteiger partial charge in [-0.25, -0.2) is 15.0 Å². The van der Waals surface area contributed by atoms with Crippen molar-refractivity contribution in [3.63, 3.8) is 0 Å². The van der Waals surface area contributed by atoms with E-state index < -0.39 is 11.9 Å². The van der Waals surface area contributed by atoms with Crippen LogP contribution in [0.15, 0.2) is 30.7 Å². The van der Waals surface area contributed by atoms with Crippen LogP contribution >= 0.6 is 0 Å². The van der Waals surface area contributed by atoms with Crippen LogP contribution in [0.25, 0.3) is 5.65 Å². The minimum Gasteiger partial charge on any atom is -0.356 e. The Hall–Kier alpha value is -2.91. The maximum Gasteiger partial charge on any atom is 0.433 e. The monoisotopic (exact) mass is 417 g/mol. The molecule has 158 valence electrons. The highest BCUT2D eigenvalue weighted by molar-refractivity contribution is 5.51. The number of alkyl halides is 3. The molecule has 2 aliphatic rings.